The third-order valence-electron chi connectivity index (χ3n) is 0. The number of hydrogen-bond acceptors (Lipinski definition) is 0. The third kappa shape index (κ3) is 116. The summed E-state index contributed by atoms with van der Waals surface area (Å²) in [5.41, 5.74) is 0. The van der Waals surface area contributed by atoms with Gasteiger partial charge in [-0.25, -0.2) is 0 Å². The van der Waals surface area contributed by atoms with Gasteiger partial charge in [0, 0.05) is 0 Å². The Bertz CT molecular complexity index is 9.65. The van der Waals surface area contributed by atoms with Gasteiger partial charge < -0.3 is 21.9 Å². The van der Waals surface area contributed by atoms with Crippen LogP contribution < -0.4 is 0 Å². The minimum Gasteiger partial charge on any atom is -2.00 e. The summed E-state index contributed by atoms with van der Waals surface area (Å²) in [7, 11) is 0. The molecule has 0 aromatic carbocycles. The van der Waals surface area contributed by atoms with Crippen LogP contribution in [-0.4, -0.2) is 0 Å². The largest absolute Gasteiger partial charge is 3.00 e. The summed E-state index contributed by atoms with van der Waals surface area (Å²) in [6, 6.07) is 0. The zero-order valence-corrected chi connectivity index (χ0v) is 5.69. The summed E-state index contributed by atoms with van der Waals surface area (Å²) < 4.78 is 0. The van der Waals surface area contributed by atoms with E-state index < -0.39 is 0 Å². The summed E-state index contributed by atoms with van der Waals surface area (Å²) in [6.07, 6.45) is 0. The van der Waals surface area contributed by atoms with Gasteiger partial charge in [-0.2, -0.15) is 0 Å². The SMILES string of the molecule is [Co+3].[Co+3].[Ni+2].[O-2].[O-2].[O-2].[O-2]. The maximum atomic E-state index is 0. The van der Waals surface area contributed by atoms with Crippen LogP contribution in [0.5, 0.6) is 0 Å². The van der Waals surface area contributed by atoms with Crippen molar-refractivity contribution in [2.24, 2.45) is 0 Å². The smallest absolute Gasteiger partial charge is 2.00 e. The van der Waals surface area contributed by atoms with Gasteiger partial charge in [0.25, 0.3) is 0 Å². The van der Waals surface area contributed by atoms with E-state index in [1.165, 1.54) is 0 Å². The molecule has 4 nitrogen and oxygen atoms in total. The quantitative estimate of drug-likeness (QED) is 0.509. The van der Waals surface area contributed by atoms with E-state index in [0.717, 1.165) is 0 Å². The van der Waals surface area contributed by atoms with Gasteiger partial charge >= 0.3 is 50.0 Å². The molecular formula is Co2NiO4. The number of rotatable bonds is 0. The predicted molar refractivity (Wildman–Crippen MR) is 2.75 cm³/mol. The van der Waals surface area contributed by atoms with Gasteiger partial charge in [0.2, 0.25) is 0 Å². The van der Waals surface area contributed by atoms with Crippen molar-refractivity contribution in [1.82, 2.24) is 0 Å². The van der Waals surface area contributed by atoms with E-state index in [-0.39, 0.29) is 72.0 Å². The van der Waals surface area contributed by atoms with Crippen molar-refractivity contribution < 1.29 is 72.0 Å². The van der Waals surface area contributed by atoms with Gasteiger partial charge in [-0.15, -0.1) is 0 Å². The Kier molecular flexibility index (Phi) is 5790. The Morgan fingerprint density at radius 3 is 0.429 bits per heavy atom. The van der Waals surface area contributed by atoms with Crippen molar-refractivity contribution in [3.8, 4) is 0 Å². The van der Waals surface area contributed by atoms with E-state index in [1.807, 2.05) is 0 Å². The summed E-state index contributed by atoms with van der Waals surface area (Å²) in [5.74, 6) is 0. The van der Waals surface area contributed by atoms with Crippen molar-refractivity contribution in [3.63, 3.8) is 0 Å². The zero-order chi connectivity index (χ0) is 0. The molecule has 0 aromatic rings. The van der Waals surface area contributed by atoms with E-state index in [1.54, 1.807) is 0 Å². The first-order chi connectivity index (χ1) is 0. The van der Waals surface area contributed by atoms with Crippen LogP contribution in [0, 0.1) is 0 Å². The Morgan fingerprint density at radius 1 is 0.429 bits per heavy atom. The van der Waals surface area contributed by atoms with Gasteiger partial charge in [0.15, 0.2) is 0 Å². The fourth-order valence-electron chi connectivity index (χ4n) is 0. The van der Waals surface area contributed by atoms with Crippen molar-refractivity contribution in [2.75, 3.05) is 0 Å². The molecule has 52 valence electrons. The molecule has 0 aromatic heterocycles. The van der Waals surface area contributed by atoms with Crippen molar-refractivity contribution in [2.45, 2.75) is 0 Å². The summed E-state index contributed by atoms with van der Waals surface area (Å²) >= 11 is 0. The molecule has 0 rings (SSSR count). The summed E-state index contributed by atoms with van der Waals surface area (Å²) in [5, 5.41) is 0. The third-order valence-corrected chi connectivity index (χ3v) is 0. The molecule has 0 spiro atoms. The topological polar surface area (TPSA) is 114 Å². The number of hydrogen-bond donors (Lipinski definition) is 0. The van der Waals surface area contributed by atoms with Crippen molar-refractivity contribution in [1.29, 1.82) is 0 Å². The molecule has 0 aliphatic rings. The first kappa shape index (κ1) is 248. The molecule has 0 N–H and O–H groups in total. The predicted octanol–water partition coefficient (Wildman–Crippen LogP) is -0.483. The van der Waals surface area contributed by atoms with Crippen LogP contribution in [0.3, 0.4) is 0 Å². The molecule has 0 saturated heterocycles. The van der Waals surface area contributed by atoms with Crippen molar-refractivity contribution >= 4 is 0 Å². The second-order valence-electron chi connectivity index (χ2n) is 0. The molecule has 0 radical (unpaired) electrons. The van der Waals surface area contributed by atoms with Crippen LogP contribution >= 0.6 is 0 Å². The van der Waals surface area contributed by atoms with Gasteiger partial charge in [0.05, 0.1) is 0 Å². The molecule has 0 fully saturated rings. The molecule has 7 heavy (non-hydrogen) atoms. The monoisotopic (exact) mass is 240 g/mol. The summed E-state index contributed by atoms with van der Waals surface area (Å²) in [4.78, 5) is 0. The molecule has 0 amide bonds. The fraction of sp³-hybridized carbons (Fsp3) is 0. The minimum absolute atomic E-state index is 0. The van der Waals surface area contributed by atoms with Crippen LogP contribution in [0.4, 0.5) is 0 Å². The van der Waals surface area contributed by atoms with Crippen molar-refractivity contribution in [3.05, 3.63) is 0 Å². The maximum Gasteiger partial charge on any atom is 3.00 e. The Labute approximate surface area is 72.0 Å². The van der Waals surface area contributed by atoms with E-state index >= 15 is 0 Å². The molecule has 0 aliphatic carbocycles. The second-order valence-corrected chi connectivity index (χ2v) is 0. The Morgan fingerprint density at radius 2 is 0.429 bits per heavy atom. The van der Waals surface area contributed by atoms with E-state index in [4.69, 9.17) is 0 Å². The first-order valence-corrected chi connectivity index (χ1v) is 0. The fourth-order valence-corrected chi connectivity index (χ4v) is 0. The Hall–Kier alpha value is 1.35. The zero-order valence-electron chi connectivity index (χ0n) is 2.62. The molecular weight excluding hydrogens is 241 g/mol. The molecule has 0 atom stereocenters. The first-order valence-electron chi connectivity index (χ1n) is 0. The molecule has 0 heterocycles. The molecule has 0 bridgehead atoms. The molecule has 7 heteroatoms. The van der Waals surface area contributed by atoms with Crippen LogP contribution in [0.25, 0.3) is 0 Å². The van der Waals surface area contributed by atoms with E-state index in [9.17, 15) is 0 Å². The maximum absolute atomic E-state index is 0. The standard InChI is InChI=1S/2Co.Ni.4O/q2*+3;+2;4*-2. The second kappa shape index (κ2) is 163. The van der Waals surface area contributed by atoms with Crippen LogP contribution in [0.2, 0.25) is 0 Å². The molecule has 0 saturated carbocycles. The average Bonchev–Trinajstić information content (AvgIpc) is 0. The van der Waals surface area contributed by atoms with Gasteiger partial charge in [-0.1, -0.05) is 0 Å². The minimum atomic E-state index is 0. The normalized spacial score (nSPS) is 0. The average molecular weight is 241 g/mol. The van der Waals surface area contributed by atoms with Crippen LogP contribution in [-0.2, 0) is 72.0 Å². The van der Waals surface area contributed by atoms with Gasteiger partial charge in [-0.3, -0.25) is 0 Å². The van der Waals surface area contributed by atoms with Gasteiger partial charge in [0.1, 0.15) is 0 Å². The molecule has 0 unspecified atom stereocenters. The van der Waals surface area contributed by atoms with E-state index in [2.05, 4.69) is 0 Å². The summed E-state index contributed by atoms with van der Waals surface area (Å²) in [6.45, 7) is 0. The van der Waals surface area contributed by atoms with Crippen LogP contribution in [0.1, 0.15) is 0 Å². The molecule has 0 aliphatic heterocycles. The van der Waals surface area contributed by atoms with E-state index in [0.29, 0.717) is 0 Å². The van der Waals surface area contributed by atoms with Gasteiger partial charge in [-0.05, 0) is 0 Å². The van der Waals surface area contributed by atoms with Crippen LogP contribution in [0.15, 0.2) is 0 Å². The Balaban J connectivity index is 0.